The molecular formula is C18H28N4OS. The van der Waals surface area contributed by atoms with Crippen LogP contribution < -0.4 is 10.6 Å². The third kappa shape index (κ3) is 5.67. The van der Waals surface area contributed by atoms with Crippen molar-refractivity contribution in [3.63, 3.8) is 0 Å². The van der Waals surface area contributed by atoms with Crippen LogP contribution in [0.4, 0.5) is 0 Å². The van der Waals surface area contributed by atoms with E-state index in [1.54, 1.807) is 11.3 Å². The van der Waals surface area contributed by atoms with Gasteiger partial charge in [-0.05, 0) is 30.7 Å². The summed E-state index contributed by atoms with van der Waals surface area (Å²) in [7, 11) is 0. The van der Waals surface area contributed by atoms with Gasteiger partial charge in [0.15, 0.2) is 5.96 Å². The molecule has 1 unspecified atom stereocenters. The number of hydrogen-bond donors (Lipinski definition) is 2. The van der Waals surface area contributed by atoms with Gasteiger partial charge in [0, 0.05) is 37.0 Å². The van der Waals surface area contributed by atoms with E-state index < -0.39 is 0 Å². The van der Waals surface area contributed by atoms with Crippen molar-refractivity contribution in [1.82, 2.24) is 15.5 Å². The Morgan fingerprint density at radius 1 is 1.54 bits per heavy atom. The van der Waals surface area contributed by atoms with E-state index >= 15 is 0 Å². The number of rotatable bonds is 9. The molecule has 132 valence electrons. The highest BCUT2D eigenvalue weighted by molar-refractivity contribution is 7.09. The minimum atomic E-state index is 0.304. The molecule has 1 fully saturated rings. The van der Waals surface area contributed by atoms with Crippen LogP contribution in [0.3, 0.4) is 0 Å². The van der Waals surface area contributed by atoms with Gasteiger partial charge in [0.1, 0.15) is 0 Å². The van der Waals surface area contributed by atoms with Crippen molar-refractivity contribution in [1.29, 1.82) is 0 Å². The standard InChI is InChI=1S/C18H28N4OS/c1-3-10-19-18(21-14-16-7-6-13-24-16)20-11-9-15(4-2)22-12-5-8-17(22)23/h3,6-7,13,15H,1,4-5,8-12,14H2,2H3,(H2,19,20,21). The van der Waals surface area contributed by atoms with Gasteiger partial charge in [0.05, 0.1) is 6.54 Å². The van der Waals surface area contributed by atoms with Gasteiger partial charge in [-0.2, -0.15) is 0 Å². The molecule has 0 bridgehead atoms. The molecule has 1 aliphatic rings. The van der Waals surface area contributed by atoms with Crippen LogP contribution in [0.2, 0.25) is 0 Å². The fourth-order valence-corrected chi connectivity index (χ4v) is 3.52. The van der Waals surface area contributed by atoms with Gasteiger partial charge in [0.2, 0.25) is 5.91 Å². The molecule has 2 heterocycles. The van der Waals surface area contributed by atoms with E-state index in [1.807, 2.05) is 17.0 Å². The molecule has 1 aliphatic heterocycles. The molecule has 0 saturated carbocycles. The number of likely N-dealkylation sites (tertiary alicyclic amines) is 1. The number of thiophene rings is 1. The average molecular weight is 349 g/mol. The highest BCUT2D eigenvalue weighted by atomic mass is 32.1. The van der Waals surface area contributed by atoms with E-state index in [4.69, 9.17) is 0 Å². The van der Waals surface area contributed by atoms with Crippen LogP contribution in [0.25, 0.3) is 0 Å². The predicted molar refractivity (Wildman–Crippen MR) is 101 cm³/mol. The Kier molecular flexibility index (Phi) is 7.82. The summed E-state index contributed by atoms with van der Waals surface area (Å²) in [4.78, 5) is 19.8. The van der Waals surface area contributed by atoms with E-state index in [9.17, 15) is 4.79 Å². The lowest BCUT2D eigenvalue weighted by Gasteiger charge is -2.27. The quantitative estimate of drug-likeness (QED) is 0.410. The molecule has 1 saturated heterocycles. The van der Waals surface area contributed by atoms with Crippen molar-refractivity contribution < 1.29 is 4.79 Å². The van der Waals surface area contributed by atoms with Crippen LogP contribution in [-0.4, -0.2) is 42.4 Å². The first kappa shape index (κ1) is 18.5. The second-order valence-electron chi connectivity index (χ2n) is 5.88. The van der Waals surface area contributed by atoms with Crippen molar-refractivity contribution in [2.24, 2.45) is 4.99 Å². The summed E-state index contributed by atoms with van der Waals surface area (Å²) >= 11 is 1.71. The smallest absolute Gasteiger partial charge is 0.222 e. The molecular weight excluding hydrogens is 320 g/mol. The van der Waals surface area contributed by atoms with Crippen molar-refractivity contribution >= 4 is 23.2 Å². The monoisotopic (exact) mass is 348 g/mol. The second kappa shape index (κ2) is 10.1. The third-order valence-corrected chi connectivity index (χ3v) is 5.04. The van der Waals surface area contributed by atoms with Crippen LogP contribution >= 0.6 is 11.3 Å². The van der Waals surface area contributed by atoms with Crippen molar-refractivity contribution in [2.45, 2.75) is 45.2 Å². The van der Waals surface area contributed by atoms with Gasteiger partial charge in [-0.3, -0.25) is 4.79 Å². The minimum Gasteiger partial charge on any atom is -0.356 e. The number of amides is 1. The van der Waals surface area contributed by atoms with Crippen LogP contribution in [0.5, 0.6) is 0 Å². The predicted octanol–water partition coefficient (Wildman–Crippen LogP) is 2.76. The summed E-state index contributed by atoms with van der Waals surface area (Å²) in [6.07, 6.45) is 5.46. The Labute approximate surface area is 148 Å². The van der Waals surface area contributed by atoms with E-state index in [0.29, 0.717) is 31.5 Å². The summed E-state index contributed by atoms with van der Waals surface area (Å²) in [6.45, 7) is 8.95. The lowest BCUT2D eigenvalue weighted by atomic mass is 10.1. The highest BCUT2D eigenvalue weighted by Crippen LogP contribution is 2.17. The molecule has 24 heavy (non-hydrogen) atoms. The van der Waals surface area contributed by atoms with Crippen molar-refractivity contribution in [3.8, 4) is 0 Å². The second-order valence-corrected chi connectivity index (χ2v) is 6.91. The highest BCUT2D eigenvalue weighted by Gasteiger charge is 2.26. The molecule has 2 rings (SSSR count). The zero-order valence-corrected chi connectivity index (χ0v) is 15.3. The first-order valence-electron chi connectivity index (χ1n) is 8.69. The SMILES string of the molecule is C=CCNC(=NCc1cccs1)NCCC(CC)N1CCCC1=O. The van der Waals surface area contributed by atoms with Crippen LogP contribution in [-0.2, 0) is 11.3 Å². The van der Waals surface area contributed by atoms with E-state index in [1.165, 1.54) is 4.88 Å². The Balaban J connectivity index is 1.83. The largest absolute Gasteiger partial charge is 0.356 e. The molecule has 1 aromatic rings. The maximum absolute atomic E-state index is 11.9. The normalized spacial score (nSPS) is 16.3. The Hall–Kier alpha value is -1.82. The molecule has 0 spiro atoms. The summed E-state index contributed by atoms with van der Waals surface area (Å²) in [6, 6.07) is 4.45. The van der Waals surface area contributed by atoms with Gasteiger partial charge in [-0.15, -0.1) is 17.9 Å². The van der Waals surface area contributed by atoms with Crippen LogP contribution in [0, 0.1) is 0 Å². The maximum Gasteiger partial charge on any atom is 0.222 e. The van der Waals surface area contributed by atoms with Gasteiger partial charge >= 0.3 is 0 Å². The Morgan fingerprint density at radius 3 is 3.04 bits per heavy atom. The maximum atomic E-state index is 11.9. The Bertz CT molecular complexity index is 541. The topological polar surface area (TPSA) is 56.7 Å². The van der Waals surface area contributed by atoms with Gasteiger partial charge < -0.3 is 15.5 Å². The lowest BCUT2D eigenvalue weighted by Crippen LogP contribution is -2.42. The molecule has 0 aromatic carbocycles. The Morgan fingerprint density at radius 2 is 2.42 bits per heavy atom. The number of nitrogens with zero attached hydrogens (tertiary/aromatic N) is 2. The number of hydrogen-bond acceptors (Lipinski definition) is 3. The first-order valence-corrected chi connectivity index (χ1v) is 9.57. The van der Waals surface area contributed by atoms with E-state index in [0.717, 1.165) is 38.3 Å². The lowest BCUT2D eigenvalue weighted by molar-refractivity contribution is -0.129. The molecule has 1 atom stereocenters. The molecule has 1 amide bonds. The van der Waals surface area contributed by atoms with Crippen molar-refractivity contribution in [3.05, 3.63) is 35.0 Å². The number of guanidine groups is 1. The fourth-order valence-electron chi connectivity index (χ4n) is 2.90. The van der Waals surface area contributed by atoms with Crippen LogP contribution in [0.1, 0.15) is 37.5 Å². The summed E-state index contributed by atoms with van der Waals surface area (Å²) in [5.74, 6) is 1.10. The average Bonchev–Trinajstić information content (AvgIpc) is 3.25. The van der Waals surface area contributed by atoms with E-state index in [2.05, 4.69) is 40.6 Å². The summed E-state index contributed by atoms with van der Waals surface area (Å²) in [5.41, 5.74) is 0. The van der Waals surface area contributed by atoms with Gasteiger partial charge in [-0.1, -0.05) is 19.1 Å². The molecule has 0 radical (unpaired) electrons. The number of aliphatic imine (C=N–C) groups is 1. The number of nitrogens with one attached hydrogen (secondary N) is 2. The summed E-state index contributed by atoms with van der Waals surface area (Å²) < 4.78 is 0. The first-order chi connectivity index (χ1) is 11.7. The molecule has 5 nitrogen and oxygen atoms in total. The van der Waals surface area contributed by atoms with Crippen molar-refractivity contribution in [2.75, 3.05) is 19.6 Å². The fraction of sp³-hybridized carbons (Fsp3) is 0.556. The molecule has 2 N–H and O–H groups in total. The minimum absolute atomic E-state index is 0.304. The third-order valence-electron chi connectivity index (χ3n) is 4.18. The summed E-state index contributed by atoms with van der Waals surface area (Å²) in [5, 5.41) is 8.69. The zero-order valence-electron chi connectivity index (χ0n) is 14.5. The zero-order chi connectivity index (χ0) is 17.2. The van der Waals surface area contributed by atoms with E-state index in [-0.39, 0.29) is 0 Å². The number of carbonyl (C=O) groups is 1. The number of carbonyl (C=O) groups excluding carboxylic acids is 1. The van der Waals surface area contributed by atoms with Crippen LogP contribution in [0.15, 0.2) is 35.2 Å². The van der Waals surface area contributed by atoms with Gasteiger partial charge in [-0.25, -0.2) is 4.99 Å². The molecule has 0 aliphatic carbocycles. The van der Waals surface area contributed by atoms with Gasteiger partial charge in [0.25, 0.3) is 0 Å². The molecule has 6 heteroatoms. The molecule has 1 aromatic heterocycles.